The number of nitrogens with zero attached hydrogens (tertiary/aromatic N) is 4. The molecule has 2 rings (SSSR count). The van der Waals surface area contributed by atoms with Crippen LogP contribution in [0.3, 0.4) is 0 Å². The van der Waals surface area contributed by atoms with Crippen molar-refractivity contribution in [2.75, 3.05) is 6.54 Å². The lowest BCUT2D eigenvalue weighted by Crippen LogP contribution is -2.29. The standard InChI is InChI=1S/C14H15N5O5/c1-9(5-13(20)21)7-15-14(22)12-8-18(17-16-12)10-3-2-4-11(6-10)19(23)24/h2-4,6,8-9H,5,7H2,1H3,(H,15,22)(H,20,21). The zero-order chi connectivity index (χ0) is 17.7. The van der Waals surface area contributed by atoms with Crippen LogP contribution < -0.4 is 5.32 Å². The normalized spacial score (nSPS) is 11.7. The van der Waals surface area contributed by atoms with Gasteiger partial charge in [-0.2, -0.15) is 0 Å². The largest absolute Gasteiger partial charge is 0.481 e. The molecule has 24 heavy (non-hydrogen) atoms. The van der Waals surface area contributed by atoms with Crippen molar-refractivity contribution >= 4 is 17.6 Å². The van der Waals surface area contributed by atoms with Crippen molar-refractivity contribution in [2.45, 2.75) is 13.3 Å². The number of benzene rings is 1. The van der Waals surface area contributed by atoms with E-state index >= 15 is 0 Å². The van der Waals surface area contributed by atoms with E-state index in [0.717, 1.165) is 0 Å². The van der Waals surface area contributed by atoms with Crippen LogP contribution in [0.15, 0.2) is 30.5 Å². The van der Waals surface area contributed by atoms with Gasteiger partial charge in [-0.3, -0.25) is 19.7 Å². The monoisotopic (exact) mass is 333 g/mol. The molecule has 1 amide bonds. The van der Waals surface area contributed by atoms with E-state index < -0.39 is 16.8 Å². The third-order valence-electron chi connectivity index (χ3n) is 3.17. The number of nitro benzene ring substituents is 1. The van der Waals surface area contributed by atoms with Crippen molar-refractivity contribution in [3.63, 3.8) is 0 Å². The Hall–Kier alpha value is -3.30. The van der Waals surface area contributed by atoms with E-state index in [1.165, 1.54) is 29.1 Å². The first-order valence-electron chi connectivity index (χ1n) is 7.04. The molecule has 0 aliphatic heterocycles. The lowest BCUT2D eigenvalue weighted by Gasteiger charge is -2.08. The van der Waals surface area contributed by atoms with E-state index in [0.29, 0.717) is 5.69 Å². The molecule has 2 aromatic rings. The average Bonchev–Trinajstić information content (AvgIpc) is 3.02. The molecular formula is C14H15N5O5. The number of hydrogen-bond acceptors (Lipinski definition) is 6. The van der Waals surface area contributed by atoms with Crippen LogP contribution in [-0.2, 0) is 4.79 Å². The zero-order valence-corrected chi connectivity index (χ0v) is 12.7. The second-order valence-electron chi connectivity index (χ2n) is 5.24. The van der Waals surface area contributed by atoms with Gasteiger partial charge in [-0.05, 0) is 12.0 Å². The first kappa shape index (κ1) is 17.1. The van der Waals surface area contributed by atoms with Crippen LogP contribution in [0.2, 0.25) is 0 Å². The Labute approximate surface area is 136 Å². The van der Waals surface area contributed by atoms with Crippen LogP contribution >= 0.6 is 0 Å². The highest BCUT2D eigenvalue weighted by Gasteiger charge is 2.15. The van der Waals surface area contributed by atoms with Gasteiger partial charge in [0.05, 0.1) is 16.8 Å². The van der Waals surface area contributed by atoms with Gasteiger partial charge in [-0.15, -0.1) is 5.10 Å². The number of carboxylic acids is 1. The Morgan fingerprint density at radius 1 is 1.46 bits per heavy atom. The summed E-state index contributed by atoms with van der Waals surface area (Å²) in [6, 6.07) is 5.75. The van der Waals surface area contributed by atoms with Crippen LogP contribution in [0.25, 0.3) is 5.69 Å². The number of rotatable bonds is 7. The van der Waals surface area contributed by atoms with Gasteiger partial charge in [0.2, 0.25) is 0 Å². The van der Waals surface area contributed by atoms with E-state index in [-0.39, 0.29) is 30.3 Å². The van der Waals surface area contributed by atoms with Gasteiger partial charge in [-0.1, -0.05) is 18.2 Å². The minimum Gasteiger partial charge on any atom is -0.481 e. The number of carbonyl (C=O) groups is 2. The number of aromatic nitrogens is 3. The van der Waals surface area contributed by atoms with Crippen LogP contribution in [0.5, 0.6) is 0 Å². The maximum absolute atomic E-state index is 12.0. The summed E-state index contributed by atoms with van der Waals surface area (Å²) < 4.78 is 1.25. The van der Waals surface area contributed by atoms with Gasteiger partial charge in [-0.25, -0.2) is 4.68 Å². The Morgan fingerprint density at radius 2 is 2.21 bits per heavy atom. The third kappa shape index (κ3) is 4.35. The Morgan fingerprint density at radius 3 is 2.88 bits per heavy atom. The first-order valence-corrected chi connectivity index (χ1v) is 7.04. The highest BCUT2D eigenvalue weighted by Crippen LogP contribution is 2.16. The molecule has 0 aliphatic rings. The average molecular weight is 333 g/mol. The molecule has 0 spiro atoms. The number of nitrogens with one attached hydrogen (secondary N) is 1. The van der Waals surface area contributed by atoms with Gasteiger partial charge >= 0.3 is 5.97 Å². The van der Waals surface area contributed by atoms with Gasteiger partial charge in [0, 0.05) is 25.1 Å². The van der Waals surface area contributed by atoms with Gasteiger partial charge < -0.3 is 10.4 Å². The van der Waals surface area contributed by atoms with E-state index in [2.05, 4.69) is 15.6 Å². The molecule has 1 aromatic heterocycles. The van der Waals surface area contributed by atoms with Gasteiger partial charge in [0.1, 0.15) is 0 Å². The van der Waals surface area contributed by atoms with E-state index in [9.17, 15) is 19.7 Å². The van der Waals surface area contributed by atoms with Crippen molar-refractivity contribution in [1.82, 2.24) is 20.3 Å². The van der Waals surface area contributed by atoms with Gasteiger partial charge in [0.15, 0.2) is 5.69 Å². The van der Waals surface area contributed by atoms with Crippen LogP contribution in [0.4, 0.5) is 5.69 Å². The molecule has 0 bridgehead atoms. The quantitative estimate of drug-likeness (QED) is 0.569. The zero-order valence-electron chi connectivity index (χ0n) is 12.7. The molecule has 0 saturated heterocycles. The Balaban J connectivity index is 2.05. The summed E-state index contributed by atoms with van der Waals surface area (Å²) in [6.45, 7) is 1.89. The highest BCUT2D eigenvalue weighted by atomic mass is 16.6. The molecule has 1 unspecified atom stereocenters. The van der Waals surface area contributed by atoms with E-state index in [1.54, 1.807) is 13.0 Å². The fourth-order valence-electron chi connectivity index (χ4n) is 1.97. The molecule has 0 radical (unpaired) electrons. The van der Waals surface area contributed by atoms with Crippen molar-refractivity contribution in [3.05, 3.63) is 46.3 Å². The SMILES string of the molecule is CC(CNC(=O)c1cn(-c2cccc([N+](=O)[O-])c2)nn1)CC(=O)O. The first-order chi connectivity index (χ1) is 11.4. The second-order valence-corrected chi connectivity index (χ2v) is 5.24. The number of carboxylic acid groups (broad SMARTS) is 1. The summed E-state index contributed by atoms with van der Waals surface area (Å²) in [5, 5.41) is 29.5. The molecule has 126 valence electrons. The van der Waals surface area contributed by atoms with E-state index in [1.807, 2.05) is 0 Å². The smallest absolute Gasteiger partial charge is 0.303 e. The van der Waals surface area contributed by atoms with Crippen molar-refractivity contribution < 1.29 is 19.6 Å². The Kier molecular flexibility index (Phi) is 5.20. The summed E-state index contributed by atoms with van der Waals surface area (Å²) in [5.41, 5.74) is 0.329. The topological polar surface area (TPSA) is 140 Å². The summed E-state index contributed by atoms with van der Waals surface area (Å²) in [6.07, 6.45) is 1.29. The summed E-state index contributed by atoms with van der Waals surface area (Å²) >= 11 is 0. The minimum absolute atomic E-state index is 0.0315. The molecule has 1 atom stereocenters. The maximum atomic E-state index is 12.0. The lowest BCUT2D eigenvalue weighted by molar-refractivity contribution is -0.384. The number of carbonyl (C=O) groups excluding carboxylic acids is 1. The third-order valence-corrected chi connectivity index (χ3v) is 3.17. The minimum atomic E-state index is -0.937. The molecule has 1 heterocycles. The molecule has 0 aliphatic carbocycles. The van der Waals surface area contributed by atoms with Gasteiger partial charge in [0.25, 0.3) is 11.6 Å². The van der Waals surface area contributed by atoms with Crippen LogP contribution in [-0.4, -0.2) is 43.4 Å². The fourth-order valence-corrected chi connectivity index (χ4v) is 1.97. The predicted octanol–water partition coefficient (Wildman–Crippen LogP) is 1.02. The number of aliphatic carboxylic acids is 1. The number of amides is 1. The molecule has 1 aromatic carbocycles. The number of non-ortho nitro benzene ring substituents is 1. The second kappa shape index (κ2) is 7.31. The summed E-state index contributed by atoms with van der Waals surface area (Å²) in [7, 11) is 0. The highest BCUT2D eigenvalue weighted by molar-refractivity contribution is 5.91. The van der Waals surface area contributed by atoms with Crippen molar-refractivity contribution in [3.8, 4) is 5.69 Å². The van der Waals surface area contributed by atoms with Crippen molar-refractivity contribution in [1.29, 1.82) is 0 Å². The maximum Gasteiger partial charge on any atom is 0.303 e. The molecule has 0 saturated carbocycles. The van der Waals surface area contributed by atoms with Crippen molar-refractivity contribution in [2.24, 2.45) is 5.92 Å². The molecular weight excluding hydrogens is 318 g/mol. The molecule has 10 nitrogen and oxygen atoms in total. The molecule has 10 heteroatoms. The summed E-state index contributed by atoms with van der Waals surface area (Å²) in [4.78, 5) is 32.8. The van der Waals surface area contributed by atoms with E-state index in [4.69, 9.17) is 5.11 Å². The van der Waals surface area contributed by atoms with Crippen LogP contribution in [0.1, 0.15) is 23.8 Å². The number of nitro groups is 1. The fraction of sp³-hybridized carbons (Fsp3) is 0.286. The lowest BCUT2D eigenvalue weighted by atomic mass is 10.1. The molecule has 0 fully saturated rings. The molecule has 2 N–H and O–H groups in total. The van der Waals surface area contributed by atoms with Crippen LogP contribution in [0, 0.1) is 16.0 Å². The predicted molar refractivity (Wildman–Crippen MR) is 81.8 cm³/mol. The number of hydrogen-bond donors (Lipinski definition) is 2. The Bertz CT molecular complexity index is 772. The summed E-state index contributed by atoms with van der Waals surface area (Å²) in [5.74, 6) is -1.66.